The molecule has 0 N–H and O–H groups in total. The zero-order valence-corrected chi connectivity index (χ0v) is 33.0. The van der Waals surface area contributed by atoms with Gasteiger partial charge in [0.2, 0.25) is 0 Å². The third kappa shape index (κ3) is 12.4. The molecule has 8 rings (SSSR count). The van der Waals surface area contributed by atoms with E-state index in [0.717, 1.165) is 37.7 Å². The van der Waals surface area contributed by atoms with Crippen molar-refractivity contribution in [3.8, 4) is 0 Å². The van der Waals surface area contributed by atoms with Gasteiger partial charge in [0.1, 0.15) is 0 Å². The molecule has 0 heterocycles. The maximum atomic E-state index is 3.56. The normalized spacial score (nSPS) is 13.5. The van der Waals surface area contributed by atoms with Crippen molar-refractivity contribution in [2.45, 2.75) is 45.4 Å². The van der Waals surface area contributed by atoms with Gasteiger partial charge in [0.05, 0.1) is 0 Å². The van der Waals surface area contributed by atoms with E-state index in [-0.39, 0.29) is 58.1 Å². The zero-order chi connectivity index (χ0) is 33.8. The van der Waals surface area contributed by atoms with Gasteiger partial charge in [-0.1, -0.05) is 13.3 Å². The van der Waals surface area contributed by atoms with Gasteiger partial charge in [-0.05, 0) is 25.7 Å². The number of allylic oxidation sites excluding steroid dienone is 8. The van der Waals surface area contributed by atoms with Crippen molar-refractivity contribution < 1.29 is 44.8 Å². The van der Waals surface area contributed by atoms with Crippen molar-refractivity contribution in [2.24, 2.45) is 0 Å². The minimum absolute atomic E-state index is 0. The zero-order valence-electron chi connectivity index (χ0n) is 28.6. The van der Waals surface area contributed by atoms with Crippen LogP contribution in [0.1, 0.15) is 75.4 Å². The Morgan fingerprint density at radius 2 is 1.00 bits per heavy atom. The molecule has 2 radical (unpaired) electrons. The van der Waals surface area contributed by atoms with Crippen LogP contribution in [0.3, 0.4) is 0 Å². The van der Waals surface area contributed by atoms with E-state index >= 15 is 0 Å². The van der Waals surface area contributed by atoms with Gasteiger partial charge in [0.15, 0.2) is 0 Å². The summed E-state index contributed by atoms with van der Waals surface area (Å²) < 4.78 is 0. The molecule has 1 atom stereocenters. The van der Waals surface area contributed by atoms with Crippen LogP contribution in [-0.4, -0.2) is 0 Å². The first-order chi connectivity index (χ1) is 24.7. The summed E-state index contributed by atoms with van der Waals surface area (Å²) in [5.41, 5.74) is 13.1. The summed E-state index contributed by atoms with van der Waals surface area (Å²) in [5, 5.41) is 0. The van der Waals surface area contributed by atoms with E-state index in [1.54, 1.807) is 0 Å². The van der Waals surface area contributed by atoms with Gasteiger partial charge in [-0.2, -0.15) is 208 Å². The van der Waals surface area contributed by atoms with E-state index in [4.69, 9.17) is 0 Å². The SMILES string of the molecule is C.[Au].[Au].[C-]1=C(c2[c-]c(Cc3[c-]c(Cc4[c-]cccc4)ccc3)ccc2)CC=C1.[C-]1=CC=CC1c1[c-]c(Cc2[c-]c(Cc3[c-]cccc3)ccc2)ccc1. The first-order valence-corrected chi connectivity index (χ1v) is 17.2. The Bertz CT molecular complexity index is 2120. The molecule has 6 aromatic rings. The predicted octanol–water partition coefficient (Wildman–Crippen LogP) is 11.3. The van der Waals surface area contributed by atoms with Crippen molar-refractivity contribution in [1.29, 1.82) is 0 Å². The molecule has 0 bridgehead atoms. The summed E-state index contributed by atoms with van der Waals surface area (Å²) in [7, 11) is 0. The van der Waals surface area contributed by atoms with Gasteiger partial charge in [-0.15, -0.1) is 18.1 Å². The Labute approximate surface area is 349 Å². The Hall–Kier alpha value is -4.24. The molecule has 0 nitrogen and oxygen atoms in total. The minimum atomic E-state index is 0. The quantitative estimate of drug-likeness (QED) is 0.0948. The summed E-state index contributed by atoms with van der Waals surface area (Å²) in [6.45, 7) is 0. The van der Waals surface area contributed by atoms with Crippen LogP contribution in [0.15, 0.2) is 152 Å². The van der Waals surface area contributed by atoms with Gasteiger partial charge in [-0.25, -0.2) is 35.4 Å². The van der Waals surface area contributed by atoms with Gasteiger partial charge in [0.25, 0.3) is 0 Å². The Morgan fingerprint density at radius 3 is 1.49 bits per heavy atom. The molecule has 274 valence electrons. The Balaban J connectivity index is 0.000000224. The molecule has 53 heavy (non-hydrogen) atoms. The smallest absolute Gasteiger partial charge is 0 e. The number of benzene rings is 6. The summed E-state index contributed by atoms with van der Waals surface area (Å²) >= 11 is 0. The monoisotopic (exact) mass is 1050 g/mol. The van der Waals surface area contributed by atoms with Crippen LogP contribution in [0, 0.1) is 48.6 Å². The second-order valence-corrected chi connectivity index (χ2v) is 12.5. The van der Waals surface area contributed by atoms with E-state index in [1.165, 1.54) is 55.6 Å². The molecule has 0 fully saturated rings. The van der Waals surface area contributed by atoms with E-state index in [2.05, 4.69) is 158 Å². The van der Waals surface area contributed by atoms with Crippen molar-refractivity contribution in [1.82, 2.24) is 0 Å². The molecule has 0 aliphatic heterocycles. The van der Waals surface area contributed by atoms with E-state index < -0.39 is 0 Å². The standard InChI is InChI=1S/2C25H18.CH4.2Au/c2*1-2-8-20(9-3-1)16-21-10-6-11-22(17-21)18-23-12-7-15-25(19-23)24-13-4-5-14-24;;;/h1-8,10-12,15H,13,16,18H2;1-8,10-13,15,24H,16,18H2;1H4;;/q2*-4;;;. The minimum Gasteiger partial charge on any atom is -0.267 e. The molecule has 6 aromatic carbocycles. The molecule has 0 aromatic heterocycles. The molecular weight excluding hydrogens is 1010 g/mol. The summed E-state index contributed by atoms with van der Waals surface area (Å²) in [5.74, 6) is 0.240. The van der Waals surface area contributed by atoms with E-state index in [0.29, 0.717) is 0 Å². The molecule has 2 aliphatic carbocycles. The largest absolute Gasteiger partial charge is 0.267 e. The van der Waals surface area contributed by atoms with Crippen LogP contribution >= 0.6 is 0 Å². The topological polar surface area (TPSA) is 0 Å². The predicted molar refractivity (Wildman–Crippen MR) is 210 cm³/mol. The molecule has 2 heteroatoms. The molecule has 0 spiro atoms. The number of rotatable bonds is 10. The Kier molecular flexibility index (Phi) is 16.8. The fourth-order valence-electron chi connectivity index (χ4n) is 6.23. The second kappa shape index (κ2) is 21.5. The van der Waals surface area contributed by atoms with Crippen molar-refractivity contribution >= 4 is 5.57 Å². The van der Waals surface area contributed by atoms with E-state index in [1.807, 2.05) is 42.5 Å². The van der Waals surface area contributed by atoms with Crippen molar-refractivity contribution in [3.05, 3.63) is 256 Å². The summed E-state index contributed by atoms with van der Waals surface area (Å²) in [6.07, 6.45) is 21.3. The van der Waals surface area contributed by atoms with Gasteiger partial charge < -0.3 is 0 Å². The van der Waals surface area contributed by atoms with Crippen molar-refractivity contribution in [2.75, 3.05) is 0 Å². The van der Waals surface area contributed by atoms with Gasteiger partial charge in [-0.3, -0.25) is 6.08 Å². The molecular formula is C51H40Au2-8. The maximum absolute atomic E-state index is 3.56. The molecule has 0 saturated heterocycles. The summed E-state index contributed by atoms with van der Waals surface area (Å²) in [4.78, 5) is 0. The van der Waals surface area contributed by atoms with Crippen LogP contribution in [0.2, 0.25) is 0 Å². The molecule has 0 amide bonds. The molecule has 0 saturated carbocycles. The first kappa shape index (κ1) is 41.5. The van der Waals surface area contributed by atoms with Crippen LogP contribution in [0.4, 0.5) is 0 Å². The molecule has 2 aliphatic rings. The average Bonchev–Trinajstić information content (AvgIpc) is 3.90. The van der Waals surface area contributed by atoms with Crippen molar-refractivity contribution in [3.63, 3.8) is 0 Å². The van der Waals surface area contributed by atoms with Crippen LogP contribution < -0.4 is 0 Å². The van der Waals surface area contributed by atoms with Crippen LogP contribution in [0.25, 0.3) is 5.57 Å². The van der Waals surface area contributed by atoms with Crippen LogP contribution in [0.5, 0.6) is 0 Å². The van der Waals surface area contributed by atoms with Gasteiger partial charge >= 0.3 is 0 Å². The molecule has 1 unspecified atom stereocenters. The Morgan fingerprint density at radius 1 is 0.509 bits per heavy atom. The number of hydrogen-bond donors (Lipinski definition) is 0. The third-order valence-electron chi connectivity index (χ3n) is 8.67. The summed E-state index contributed by atoms with van der Waals surface area (Å²) in [6, 6.07) is 62.5. The van der Waals surface area contributed by atoms with E-state index in [9.17, 15) is 0 Å². The maximum Gasteiger partial charge on any atom is 0 e. The van der Waals surface area contributed by atoms with Gasteiger partial charge in [0, 0.05) is 44.8 Å². The number of hydrogen-bond acceptors (Lipinski definition) is 0. The first-order valence-electron chi connectivity index (χ1n) is 17.2. The third-order valence-corrected chi connectivity index (χ3v) is 8.67. The fourth-order valence-corrected chi connectivity index (χ4v) is 6.23. The fraction of sp³-hybridized carbons (Fsp3) is 0.137. The van der Waals surface area contributed by atoms with Crippen LogP contribution in [-0.2, 0) is 70.4 Å². The average molecular weight is 1050 g/mol. The second-order valence-electron chi connectivity index (χ2n) is 12.5.